The molecule has 1 N–H and O–H groups in total. The summed E-state index contributed by atoms with van der Waals surface area (Å²) in [6, 6.07) is 10.3. The average Bonchev–Trinajstić information content (AvgIpc) is 2.33. The first kappa shape index (κ1) is 14.0. The highest BCUT2D eigenvalue weighted by Crippen LogP contribution is 2.25. The van der Waals surface area contributed by atoms with Crippen LogP contribution in [0, 0.1) is 12.7 Å². The Kier molecular flexibility index (Phi) is 3.91. The zero-order valence-corrected chi connectivity index (χ0v) is 12.4. The Balaban J connectivity index is 2.36. The highest BCUT2D eigenvalue weighted by Gasteiger charge is 2.15. The monoisotopic (exact) mass is 343 g/mol. The van der Waals surface area contributed by atoms with Crippen LogP contribution >= 0.6 is 15.9 Å². The van der Waals surface area contributed by atoms with Crippen LogP contribution in [-0.4, -0.2) is 8.42 Å². The summed E-state index contributed by atoms with van der Waals surface area (Å²) in [5, 5.41) is 0. The van der Waals surface area contributed by atoms with Gasteiger partial charge in [-0.25, -0.2) is 12.8 Å². The molecule has 3 nitrogen and oxygen atoms in total. The fraction of sp³-hybridized carbons (Fsp3) is 0.0769. The van der Waals surface area contributed by atoms with E-state index in [1.165, 1.54) is 24.3 Å². The zero-order valence-electron chi connectivity index (χ0n) is 10.0. The molecular formula is C13H11BrFNO2S. The lowest BCUT2D eigenvalue weighted by molar-refractivity contribution is 0.601. The second-order valence-corrected chi connectivity index (χ2v) is 6.58. The van der Waals surface area contributed by atoms with Crippen LogP contribution in [0.15, 0.2) is 51.8 Å². The highest BCUT2D eigenvalue weighted by atomic mass is 79.9. The van der Waals surface area contributed by atoms with E-state index in [2.05, 4.69) is 20.7 Å². The third-order valence-corrected chi connectivity index (χ3v) is 4.49. The molecule has 0 fully saturated rings. The number of sulfonamides is 1. The maximum absolute atomic E-state index is 12.9. The molecule has 0 aromatic heterocycles. The molecule has 0 saturated heterocycles. The van der Waals surface area contributed by atoms with Crippen molar-refractivity contribution in [3.8, 4) is 0 Å². The van der Waals surface area contributed by atoms with Gasteiger partial charge in [0.2, 0.25) is 0 Å². The largest absolute Gasteiger partial charge is 0.278 e. The average molecular weight is 344 g/mol. The quantitative estimate of drug-likeness (QED) is 0.923. The molecule has 0 heterocycles. The molecular weight excluding hydrogens is 333 g/mol. The van der Waals surface area contributed by atoms with Crippen LogP contribution in [0.3, 0.4) is 0 Å². The molecule has 0 aliphatic heterocycles. The van der Waals surface area contributed by atoms with Crippen LogP contribution in [0.25, 0.3) is 0 Å². The normalized spacial score (nSPS) is 11.3. The van der Waals surface area contributed by atoms with Crippen molar-refractivity contribution < 1.29 is 12.8 Å². The van der Waals surface area contributed by atoms with Gasteiger partial charge in [0.05, 0.1) is 10.6 Å². The van der Waals surface area contributed by atoms with Crippen LogP contribution in [0.1, 0.15) is 5.56 Å². The third-order valence-electron chi connectivity index (χ3n) is 2.48. The van der Waals surface area contributed by atoms with E-state index in [9.17, 15) is 12.8 Å². The third kappa shape index (κ3) is 3.33. The second-order valence-electron chi connectivity index (χ2n) is 4.05. The van der Waals surface area contributed by atoms with Crippen molar-refractivity contribution in [1.29, 1.82) is 0 Å². The molecule has 0 aliphatic rings. The summed E-state index contributed by atoms with van der Waals surface area (Å²) in [6.07, 6.45) is 0. The van der Waals surface area contributed by atoms with Gasteiger partial charge in [-0.1, -0.05) is 12.1 Å². The minimum atomic E-state index is -3.67. The topological polar surface area (TPSA) is 46.2 Å². The lowest BCUT2D eigenvalue weighted by Crippen LogP contribution is -2.13. The van der Waals surface area contributed by atoms with Crippen LogP contribution in [0.4, 0.5) is 10.1 Å². The van der Waals surface area contributed by atoms with Crippen molar-refractivity contribution in [2.24, 2.45) is 0 Å². The molecule has 0 amide bonds. The predicted molar refractivity (Wildman–Crippen MR) is 76.1 cm³/mol. The summed E-state index contributed by atoms with van der Waals surface area (Å²) in [7, 11) is -3.67. The van der Waals surface area contributed by atoms with Crippen molar-refractivity contribution in [1.82, 2.24) is 0 Å². The van der Waals surface area contributed by atoms with E-state index in [0.29, 0.717) is 10.2 Å². The van der Waals surface area contributed by atoms with Crippen molar-refractivity contribution in [3.63, 3.8) is 0 Å². The molecule has 0 bridgehead atoms. The van der Waals surface area contributed by atoms with Crippen molar-refractivity contribution >= 4 is 31.6 Å². The summed E-state index contributed by atoms with van der Waals surface area (Å²) in [4.78, 5) is 0.170. The maximum Gasteiger partial charge on any atom is 0.261 e. The van der Waals surface area contributed by atoms with E-state index in [1.807, 2.05) is 13.0 Å². The number of nitrogens with one attached hydrogen (secondary N) is 1. The molecule has 0 atom stereocenters. The number of benzene rings is 2. The summed E-state index contributed by atoms with van der Waals surface area (Å²) in [5.41, 5.74) is 1.14. The van der Waals surface area contributed by atoms with Gasteiger partial charge >= 0.3 is 0 Å². The van der Waals surface area contributed by atoms with Crippen LogP contribution in [0.5, 0.6) is 0 Å². The van der Waals surface area contributed by atoms with E-state index in [-0.39, 0.29) is 4.90 Å². The maximum atomic E-state index is 12.9. The van der Waals surface area contributed by atoms with Gasteiger partial charge in [0.15, 0.2) is 0 Å². The summed E-state index contributed by atoms with van der Waals surface area (Å²) >= 11 is 3.12. The molecule has 19 heavy (non-hydrogen) atoms. The van der Waals surface area contributed by atoms with Gasteiger partial charge in [0.1, 0.15) is 5.82 Å². The van der Waals surface area contributed by atoms with E-state index in [0.717, 1.165) is 5.56 Å². The van der Waals surface area contributed by atoms with Gasteiger partial charge < -0.3 is 0 Å². The lowest BCUT2D eigenvalue weighted by atomic mass is 10.2. The zero-order chi connectivity index (χ0) is 14.0. The first-order valence-corrected chi connectivity index (χ1v) is 7.71. The Bertz CT molecular complexity index is 716. The van der Waals surface area contributed by atoms with Crippen molar-refractivity contribution in [2.75, 3.05) is 4.72 Å². The van der Waals surface area contributed by atoms with Gasteiger partial charge in [0.25, 0.3) is 10.0 Å². The van der Waals surface area contributed by atoms with E-state index < -0.39 is 15.8 Å². The fourth-order valence-electron chi connectivity index (χ4n) is 1.56. The number of rotatable bonds is 3. The molecule has 0 spiro atoms. The van der Waals surface area contributed by atoms with Gasteiger partial charge in [-0.05, 0) is 58.7 Å². The SMILES string of the molecule is Cc1cccc(S(=O)(=O)Nc2ccc(F)cc2Br)c1. The highest BCUT2D eigenvalue weighted by molar-refractivity contribution is 9.10. The van der Waals surface area contributed by atoms with Gasteiger partial charge in [0, 0.05) is 4.47 Å². The Morgan fingerprint density at radius 3 is 2.53 bits per heavy atom. The Labute approximate surface area is 119 Å². The Morgan fingerprint density at radius 1 is 1.16 bits per heavy atom. The van der Waals surface area contributed by atoms with Crippen LogP contribution < -0.4 is 4.72 Å². The molecule has 0 aliphatic carbocycles. The van der Waals surface area contributed by atoms with Gasteiger partial charge in [-0.3, -0.25) is 4.72 Å². The Morgan fingerprint density at radius 2 is 1.89 bits per heavy atom. The standard InChI is InChI=1S/C13H11BrFNO2S/c1-9-3-2-4-11(7-9)19(17,18)16-13-6-5-10(15)8-12(13)14/h2-8,16H,1H3. The fourth-order valence-corrected chi connectivity index (χ4v) is 3.32. The first-order valence-electron chi connectivity index (χ1n) is 5.43. The number of hydrogen-bond acceptors (Lipinski definition) is 2. The van der Waals surface area contributed by atoms with Gasteiger partial charge in [-0.15, -0.1) is 0 Å². The van der Waals surface area contributed by atoms with E-state index in [4.69, 9.17) is 0 Å². The number of hydrogen-bond donors (Lipinski definition) is 1. The molecule has 6 heteroatoms. The molecule has 2 rings (SSSR count). The van der Waals surface area contributed by atoms with Gasteiger partial charge in [-0.2, -0.15) is 0 Å². The minimum absolute atomic E-state index is 0.170. The molecule has 2 aromatic carbocycles. The first-order chi connectivity index (χ1) is 8.88. The number of aryl methyl sites for hydroxylation is 1. The van der Waals surface area contributed by atoms with Crippen LogP contribution in [-0.2, 0) is 10.0 Å². The second kappa shape index (κ2) is 5.30. The molecule has 0 saturated carbocycles. The Hall–Kier alpha value is -1.40. The summed E-state index contributed by atoms with van der Waals surface area (Å²) < 4.78 is 40.0. The number of anilines is 1. The van der Waals surface area contributed by atoms with Crippen LogP contribution in [0.2, 0.25) is 0 Å². The van der Waals surface area contributed by atoms with Crippen molar-refractivity contribution in [3.05, 3.63) is 58.3 Å². The number of halogens is 2. The lowest BCUT2D eigenvalue weighted by Gasteiger charge is -2.10. The minimum Gasteiger partial charge on any atom is -0.278 e. The summed E-state index contributed by atoms with van der Waals surface area (Å²) in [5.74, 6) is -0.439. The van der Waals surface area contributed by atoms with E-state index in [1.54, 1.807) is 12.1 Å². The summed E-state index contributed by atoms with van der Waals surface area (Å²) in [6.45, 7) is 1.81. The predicted octanol–water partition coefficient (Wildman–Crippen LogP) is 3.70. The van der Waals surface area contributed by atoms with Crippen molar-refractivity contribution in [2.45, 2.75) is 11.8 Å². The van der Waals surface area contributed by atoms with E-state index >= 15 is 0 Å². The molecule has 100 valence electrons. The smallest absolute Gasteiger partial charge is 0.261 e. The molecule has 0 unspecified atom stereocenters. The molecule has 0 radical (unpaired) electrons. The molecule has 2 aromatic rings.